The maximum Gasteiger partial charge on any atom is 0.270 e. The van der Waals surface area contributed by atoms with Gasteiger partial charge in [-0.2, -0.15) is 0 Å². The SMILES string of the molecule is C=C[C@H]1CN(Cc2ccccc2)C(=O)c2cc3cc(F)ccc3n21. The molecule has 0 unspecified atom stereocenters. The largest absolute Gasteiger partial charge is 0.331 e. The number of aromatic nitrogens is 1. The minimum Gasteiger partial charge on any atom is -0.331 e. The fourth-order valence-electron chi connectivity index (χ4n) is 3.40. The average molecular weight is 320 g/mol. The van der Waals surface area contributed by atoms with Crippen LogP contribution in [0.15, 0.2) is 67.3 Å². The van der Waals surface area contributed by atoms with Gasteiger partial charge in [-0.25, -0.2) is 4.39 Å². The molecule has 1 aliphatic heterocycles. The van der Waals surface area contributed by atoms with E-state index in [9.17, 15) is 9.18 Å². The van der Waals surface area contributed by atoms with Gasteiger partial charge in [-0.15, -0.1) is 6.58 Å². The van der Waals surface area contributed by atoms with Crippen LogP contribution < -0.4 is 0 Å². The van der Waals surface area contributed by atoms with Crippen molar-refractivity contribution >= 4 is 16.8 Å². The molecular formula is C20H17FN2O. The van der Waals surface area contributed by atoms with Crippen molar-refractivity contribution in [1.82, 2.24) is 9.47 Å². The molecule has 120 valence electrons. The predicted octanol–water partition coefficient (Wildman–Crippen LogP) is 4.16. The Morgan fingerprint density at radius 3 is 2.71 bits per heavy atom. The van der Waals surface area contributed by atoms with Crippen molar-refractivity contribution in [3.8, 4) is 0 Å². The van der Waals surface area contributed by atoms with Crippen LogP contribution in [-0.4, -0.2) is 21.9 Å². The van der Waals surface area contributed by atoms with Crippen LogP contribution in [0.3, 0.4) is 0 Å². The average Bonchev–Trinajstić information content (AvgIpc) is 2.97. The first-order chi connectivity index (χ1) is 11.7. The fourth-order valence-corrected chi connectivity index (χ4v) is 3.40. The number of halogens is 1. The van der Waals surface area contributed by atoms with Gasteiger partial charge in [-0.3, -0.25) is 4.79 Å². The number of fused-ring (bicyclic) bond motifs is 3. The molecule has 2 aromatic carbocycles. The van der Waals surface area contributed by atoms with E-state index in [-0.39, 0.29) is 17.8 Å². The smallest absolute Gasteiger partial charge is 0.270 e. The second-order valence-corrected chi connectivity index (χ2v) is 6.08. The lowest BCUT2D eigenvalue weighted by atomic mass is 10.1. The molecule has 0 bridgehead atoms. The van der Waals surface area contributed by atoms with Crippen LogP contribution in [0.5, 0.6) is 0 Å². The molecule has 1 aliphatic rings. The maximum absolute atomic E-state index is 13.5. The van der Waals surface area contributed by atoms with Crippen molar-refractivity contribution in [1.29, 1.82) is 0 Å². The van der Waals surface area contributed by atoms with Crippen LogP contribution in [0.1, 0.15) is 22.1 Å². The van der Waals surface area contributed by atoms with E-state index < -0.39 is 0 Å². The van der Waals surface area contributed by atoms with Crippen molar-refractivity contribution in [2.75, 3.05) is 6.54 Å². The Balaban J connectivity index is 1.78. The molecule has 1 atom stereocenters. The highest BCUT2D eigenvalue weighted by Crippen LogP contribution is 2.31. The molecule has 2 heterocycles. The summed E-state index contributed by atoms with van der Waals surface area (Å²) >= 11 is 0. The summed E-state index contributed by atoms with van der Waals surface area (Å²) in [5, 5.41) is 0.742. The highest BCUT2D eigenvalue weighted by Gasteiger charge is 2.31. The number of benzene rings is 2. The van der Waals surface area contributed by atoms with Gasteiger partial charge in [0.25, 0.3) is 5.91 Å². The molecule has 0 radical (unpaired) electrons. The predicted molar refractivity (Wildman–Crippen MR) is 92.3 cm³/mol. The van der Waals surface area contributed by atoms with Crippen LogP contribution in [0.4, 0.5) is 4.39 Å². The standard InChI is InChI=1S/C20H17FN2O/c1-2-17-13-22(12-14-6-4-3-5-7-14)20(24)19-11-15-10-16(21)8-9-18(15)23(17)19/h2-11,17H,1,12-13H2/t17-/m0/s1. The van der Waals surface area contributed by atoms with E-state index in [0.29, 0.717) is 18.8 Å². The van der Waals surface area contributed by atoms with Crippen LogP contribution in [0.2, 0.25) is 0 Å². The van der Waals surface area contributed by atoms with Crippen LogP contribution in [0, 0.1) is 5.82 Å². The van der Waals surface area contributed by atoms with E-state index >= 15 is 0 Å². The highest BCUT2D eigenvalue weighted by molar-refractivity contribution is 5.99. The Morgan fingerprint density at radius 2 is 1.96 bits per heavy atom. The molecule has 0 saturated heterocycles. The van der Waals surface area contributed by atoms with Gasteiger partial charge in [0.15, 0.2) is 0 Å². The Morgan fingerprint density at radius 1 is 1.17 bits per heavy atom. The Bertz CT molecular complexity index is 929. The van der Waals surface area contributed by atoms with Crippen molar-refractivity contribution in [3.05, 3.63) is 84.3 Å². The second kappa shape index (κ2) is 5.64. The van der Waals surface area contributed by atoms with E-state index in [4.69, 9.17) is 0 Å². The van der Waals surface area contributed by atoms with E-state index in [0.717, 1.165) is 16.5 Å². The zero-order valence-electron chi connectivity index (χ0n) is 13.2. The third-order valence-electron chi connectivity index (χ3n) is 4.53. The van der Waals surface area contributed by atoms with E-state index in [1.54, 1.807) is 12.1 Å². The number of carbonyl (C=O) groups is 1. The number of amides is 1. The summed E-state index contributed by atoms with van der Waals surface area (Å²) in [5.74, 6) is -0.331. The summed E-state index contributed by atoms with van der Waals surface area (Å²) < 4.78 is 15.5. The Kier molecular flexibility index (Phi) is 3.45. The van der Waals surface area contributed by atoms with Gasteiger partial charge >= 0.3 is 0 Å². The molecule has 0 saturated carbocycles. The maximum atomic E-state index is 13.5. The van der Waals surface area contributed by atoms with Crippen LogP contribution in [-0.2, 0) is 6.54 Å². The summed E-state index contributed by atoms with van der Waals surface area (Å²) in [6.07, 6.45) is 1.84. The summed E-state index contributed by atoms with van der Waals surface area (Å²) in [7, 11) is 0. The van der Waals surface area contributed by atoms with Gasteiger partial charge in [0.1, 0.15) is 11.5 Å². The minimum atomic E-state index is -0.297. The van der Waals surface area contributed by atoms with Gasteiger partial charge in [0, 0.05) is 24.0 Å². The zero-order chi connectivity index (χ0) is 16.7. The molecule has 1 amide bonds. The zero-order valence-corrected chi connectivity index (χ0v) is 13.2. The number of nitrogens with zero attached hydrogens (tertiary/aromatic N) is 2. The van der Waals surface area contributed by atoms with Gasteiger partial charge in [-0.1, -0.05) is 36.4 Å². The van der Waals surface area contributed by atoms with Gasteiger partial charge in [-0.05, 0) is 29.8 Å². The number of hydrogen-bond donors (Lipinski definition) is 0. The Labute approximate surface area is 139 Å². The van der Waals surface area contributed by atoms with Crippen LogP contribution in [0.25, 0.3) is 10.9 Å². The first kappa shape index (κ1) is 14.7. The summed E-state index contributed by atoms with van der Waals surface area (Å²) in [6, 6.07) is 16.3. The second-order valence-electron chi connectivity index (χ2n) is 6.08. The van der Waals surface area contributed by atoms with Gasteiger partial charge in [0.05, 0.1) is 6.04 Å². The van der Waals surface area contributed by atoms with Crippen LogP contribution >= 0.6 is 0 Å². The Hall–Kier alpha value is -2.88. The van der Waals surface area contributed by atoms with Gasteiger partial charge in [0.2, 0.25) is 0 Å². The lowest BCUT2D eigenvalue weighted by Gasteiger charge is -2.33. The molecule has 3 nitrogen and oxygen atoms in total. The minimum absolute atomic E-state index is 0.0237. The van der Waals surface area contributed by atoms with E-state index in [1.807, 2.05) is 45.9 Å². The molecule has 0 N–H and O–H groups in total. The van der Waals surface area contributed by atoms with E-state index in [2.05, 4.69) is 6.58 Å². The quantitative estimate of drug-likeness (QED) is 0.665. The van der Waals surface area contributed by atoms with Crippen molar-refractivity contribution in [2.24, 2.45) is 0 Å². The third kappa shape index (κ3) is 2.31. The topological polar surface area (TPSA) is 25.2 Å². The molecule has 3 aromatic rings. The lowest BCUT2D eigenvalue weighted by Crippen LogP contribution is -2.41. The number of hydrogen-bond acceptors (Lipinski definition) is 1. The highest BCUT2D eigenvalue weighted by atomic mass is 19.1. The molecule has 0 spiro atoms. The molecular weight excluding hydrogens is 303 g/mol. The molecule has 24 heavy (non-hydrogen) atoms. The van der Waals surface area contributed by atoms with Gasteiger partial charge < -0.3 is 9.47 Å². The van der Waals surface area contributed by atoms with Crippen molar-refractivity contribution in [2.45, 2.75) is 12.6 Å². The third-order valence-corrected chi connectivity index (χ3v) is 4.53. The fraction of sp³-hybridized carbons (Fsp3) is 0.150. The normalized spacial score (nSPS) is 17.1. The van der Waals surface area contributed by atoms with Crippen molar-refractivity contribution < 1.29 is 9.18 Å². The number of rotatable bonds is 3. The lowest BCUT2D eigenvalue weighted by molar-refractivity contribution is 0.0676. The summed E-state index contributed by atoms with van der Waals surface area (Å²) in [6.45, 7) is 5.04. The van der Waals surface area contributed by atoms with Crippen molar-refractivity contribution in [3.63, 3.8) is 0 Å². The molecule has 0 aliphatic carbocycles. The van der Waals surface area contributed by atoms with E-state index in [1.165, 1.54) is 12.1 Å². The molecule has 0 fully saturated rings. The summed E-state index contributed by atoms with van der Waals surface area (Å²) in [4.78, 5) is 14.7. The first-order valence-corrected chi connectivity index (χ1v) is 7.93. The molecule has 4 heteroatoms. The molecule has 4 rings (SSSR count). The number of carbonyl (C=O) groups excluding carboxylic acids is 1. The summed E-state index contributed by atoms with van der Waals surface area (Å²) in [5.41, 5.74) is 2.54. The first-order valence-electron chi connectivity index (χ1n) is 7.93. The monoisotopic (exact) mass is 320 g/mol. The molecule has 1 aromatic heterocycles.